The van der Waals surface area contributed by atoms with Gasteiger partial charge in [-0.05, 0) is 61.5 Å². The number of ether oxygens (including phenoxy) is 1. The molecule has 0 saturated carbocycles. The molecule has 0 heterocycles. The maximum Gasteiger partial charge on any atom is 0.261 e. The van der Waals surface area contributed by atoms with E-state index in [1.807, 2.05) is 17.9 Å². The predicted molar refractivity (Wildman–Crippen MR) is 130 cm³/mol. The van der Waals surface area contributed by atoms with Crippen LogP contribution in [0.1, 0.15) is 6.92 Å². The van der Waals surface area contributed by atoms with Crippen molar-refractivity contribution in [2.45, 2.75) is 17.9 Å². The number of benzene rings is 3. The number of likely N-dealkylation sites (N-methyl/N-ethyl adjacent to an activating group) is 1. The molecule has 0 aliphatic heterocycles. The summed E-state index contributed by atoms with van der Waals surface area (Å²) in [7, 11) is -3.65. The molecule has 0 aliphatic carbocycles. The summed E-state index contributed by atoms with van der Waals surface area (Å²) in [5, 5.41) is 11.3. The second-order valence-corrected chi connectivity index (χ2v) is 9.54. The van der Waals surface area contributed by atoms with Gasteiger partial charge in [0.15, 0.2) is 0 Å². The fourth-order valence-corrected chi connectivity index (χ4v) is 4.40. The number of aliphatic hydroxyl groups is 1. The fraction of sp³-hybridized carbons (Fsp3) is 0.217. The zero-order valence-corrected chi connectivity index (χ0v) is 19.7. The zero-order chi connectivity index (χ0) is 23.1. The van der Waals surface area contributed by atoms with Crippen LogP contribution in [-0.2, 0) is 10.0 Å². The Hall–Kier alpha value is -2.45. The number of nitrogens with one attached hydrogen (secondary N) is 1. The molecule has 0 bridgehead atoms. The van der Waals surface area contributed by atoms with Gasteiger partial charge in [0.05, 0.1) is 14.9 Å². The number of nitrogens with zero attached hydrogens (tertiary/aromatic N) is 1. The molecule has 0 spiro atoms. The summed E-state index contributed by atoms with van der Waals surface area (Å²) < 4.78 is 33.0. The zero-order valence-electron chi connectivity index (χ0n) is 17.4. The highest BCUT2D eigenvalue weighted by Gasteiger charge is 2.15. The lowest BCUT2D eigenvalue weighted by Crippen LogP contribution is -2.35. The Kier molecular flexibility index (Phi) is 8.26. The molecule has 3 aromatic carbocycles. The van der Waals surface area contributed by atoms with Crippen LogP contribution in [0.4, 0.5) is 11.4 Å². The summed E-state index contributed by atoms with van der Waals surface area (Å²) >= 11 is 12.1. The largest absolute Gasteiger partial charge is 0.491 e. The van der Waals surface area contributed by atoms with Gasteiger partial charge >= 0.3 is 0 Å². The van der Waals surface area contributed by atoms with Crippen LogP contribution in [0.3, 0.4) is 0 Å². The lowest BCUT2D eigenvalue weighted by molar-refractivity contribution is 0.112. The molecule has 0 aliphatic rings. The molecular weight excluding hydrogens is 471 g/mol. The molecule has 32 heavy (non-hydrogen) atoms. The Morgan fingerprint density at radius 3 is 2.31 bits per heavy atom. The third-order valence-electron chi connectivity index (χ3n) is 4.68. The van der Waals surface area contributed by atoms with Crippen molar-refractivity contribution >= 4 is 44.6 Å². The van der Waals surface area contributed by atoms with Gasteiger partial charge in [0.25, 0.3) is 10.0 Å². The lowest BCUT2D eigenvalue weighted by atomic mass is 10.2. The Balaban J connectivity index is 1.54. The van der Waals surface area contributed by atoms with Crippen LogP contribution in [0.15, 0.2) is 77.7 Å². The van der Waals surface area contributed by atoms with Crippen LogP contribution in [0.25, 0.3) is 0 Å². The van der Waals surface area contributed by atoms with Crippen molar-refractivity contribution in [1.29, 1.82) is 0 Å². The monoisotopic (exact) mass is 494 g/mol. The molecule has 0 amide bonds. The van der Waals surface area contributed by atoms with Crippen LogP contribution in [0, 0.1) is 0 Å². The van der Waals surface area contributed by atoms with Crippen molar-refractivity contribution in [3.63, 3.8) is 0 Å². The molecule has 6 nitrogen and oxygen atoms in total. The van der Waals surface area contributed by atoms with Crippen molar-refractivity contribution in [3.05, 3.63) is 82.8 Å². The molecule has 2 N–H and O–H groups in total. The molecule has 0 saturated heterocycles. The standard InChI is InChI=1S/C23H24Cl2N2O4S/c1-2-27(18-10-13-22(24)23(25)14-18)15-19(28)16-31-20-11-8-17(9-12-20)26-32(29,30)21-6-4-3-5-7-21/h3-14,19,26,28H,2,15-16H2,1H3. The summed E-state index contributed by atoms with van der Waals surface area (Å²) in [4.78, 5) is 2.16. The van der Waals surface area contributed by atoms with Gasteiger partial charge in [0, 0.05) is 24.5 Å². The maximum absolute atomic E-state index is 12.4. The van der Waals surface area contributed by atoms with Crippen molar-refractivity contribution in [3.8, 4) is 5.75 Å². The van der Waals surface area contributed by atoms with Gasteiger partial charge in [-0.1, -0.05) is 41.4 Å². The topological polar surface area (TPSA) is 78.9 Å². The first-order valence-electron chi connectivity index (χ1n) is 9.97. The quantitative estimate of drug-likeness (QED) is 0.411. The van der Waals surface area contributed by atoms with E-state index in [-0.39, 0.29) is 11.5 Å². The summed E-state index contributed by atoms with van der Waals surface area (Å²) in [6.07, 6.45) is -0.749. The van der Waals surface area contributed by atoms with Crippen LogP contribution in [0.2, 0.25) is 10.0 Å². The maximum atomic E-state index is 12.4. The number of hydrogen-bond acceptors (Lipinski definition) is 5. The van der Waals surface area contributed by atoms with E-state index in [0.717, 1.165) is 5.69 Å². The van der Waals surface area contributed by atoms with Crippen LogP contribution < -0.4 is 14.4 Å². The van der Waals surface area contributed by atoms with E-state index in [1.165, 1.54) is 12.1 Å². The second kappa shape index (κ2) is 10.9. The molecular formula is C23H24Cl2N2O4S. The van der Waals surface area contributed by atoms with Gasteiger partial charge in [-0.2, -0.15) is 0 Å². The van der Waals surface area contributed by atoms with E-state index in [0.29, 0.717) is 34.6 Å². The number of halogens is 2. The molecule has 0 aromatic heterocycles. The van der Waals surface area contributed by atoms with E-state index in [2.05, 4.69) is 4.72 Å². The normalized spacial score (nSPS) is 12.2. The summed E-state index contributed by atoms with van der Waals surface area (Å²) in [6.45, 7) is 3.08. The average Bonchev–Trinajstić information content (AvgIpc) is 2.79. The first kappa shape index (κ1) is 24.2. The molecule has 1 unspecified atom stereocenters. The van der Waals surface area contributed by atoms with E-state index >= 15 is 0 Å². The van der Waals surface area contributed by atoms with Crippen LogP contribution >= 0.6 is 23.2 Å². The Morgan fingerprint density at radius 1 is 1.00 bits per heavy atom. The van der Waals surface area contributed by atoms with E-state index in [1.54, 1.807) is 54.6 Å². The molecule has 3 rings (SSSR count). The van der Waals surface area contributed by atoms with Crippen molar-refractivity contribution < 1.29 is 18.3 Å². The minimum atomic E-state index is -3.65. The van der Waals surface area contributed by atoms with Gasteiger partial charge in [-0.15, -0.1) is 0 Å². The Morgan fingerprint density at radius 2 is 1.69 bits per heavy atom. The van der Waals surface area contributed by atoms with Crippen LogP contribution in [-0.4, -0.2) is 39.3 Å². The third-order valence-corrected chi connectivity index (χ3v) is 6.82. The molecule has 170 valence electrons. The number of rotatable bonds is 10. The van der Waals surface area contributed by atoms with Crippen molar-refractivity contribution in [2.24, 2.45) is 0 Å². The first-order chi connectivity index (χ1) is 15.3. The molecule has 0 radical (unpaired) electrons. The smallest absolute Gasteiger partial charge is 0.261 e. The van der Waals surface area contributed by atoms with Gasteiger partial charge in [0.2, 0.25) is 0 Å². The minimum Gasteiger partial charge on any atom is -0.491 e. The SMILES string of the molecule is CCN(CC(O)COc1ccc(NS(=O)(=O)c2ccccc2)cc1)c1ccc(Cl)c(Cl)c1. The highest BCUT2D eigenvalue weighted by Crippen LogP contribution is 2.27. The number of aliphatic hydroxyl groups excluding tert-OH is 1. The Bertz CT molecular complexity index is 1130. The molecule has 3 aromatic rings. The summed E-state index contributed by atoms with van der Waals surface area (Å²) in [5.41, 5.74) is 1.27. The number of anilines is 2. The number of hydrogen-bond donors (Lipinski definition) is 2. The van der Waals surface area contributed by atoms with Gasteiger partial charge in [-0.3, -0.25) is 4.72 Å². The third kappa shape index (κ3) is 6.53. The summed E-state index contributed by atoms with van der Waals surface area (Å²) in [5.74, 6) is 0.518. The van der Waals surface area contributed by atoms with Crippen molar-refractivity contribution in [1.82, 2.24) is 0 Å². The fourth-order valence-electron chi connectivity index (χ4n) is 3.03. The van der Waals surface area contributed by atoms with Gasteiger partial charge in [-0.25, -0.2) is 8.42 Å². The van der Waals surface area contributed by atoms with Crippen molar-refractivity contribution in [2.75, 3.05) is 29.3 Å². The predicted octanol–water partition coefficient (Wildman–Crippen LogP) is 5.06. The van der Waals surface area contributed by atoms with Gasteiger partial charge < -0.3 is 14.7 Å². The van der Waals surface area contributed by atoms with E-state index < -0.39 is 16.1 Å². The molecule has 0 fully saturated rings. The highest BCUT2D eigenvalue weighted by molar-refractivity contribution is 7.92. The van der Waals surface area contributed by atoms with Crippen LogP contribution in [0.5, 0.6) is 5.75 Å². The number of sulfonamides is 1. The summed E-state index contributed by atoms with van der Waals surface area (Å²) in [6, 6.07) is 20.0. The molecule has 9 heteroatoms. The van der Waals surface area contributed by atoms with E-state index in [9.17, 15) is 13.5 Å². The molecule has 1 atom stereocenters. The Labute approximate surface area is 198 Å². The lowest BCUT2D eigenvalue weighted by Gasteiger charge is -2.26. The second-order valence-electron chi connectivity index (χ2n) is 7.04. The average molecular weight is 495 g/mol. The first-order valence-corrected chi connectivity index (χ1v) is 12.2. The minimum absolute atomic E-state index is 0.0763. The van der Waals surface area contributed by atoms with Gasteiger partial charge in [0.1, 0.15) is 18.5 Å². The highest BCUT2D eigenvalue weighted by atomic mass is 35.5. The van der Waals surface area contributed by atoms with E-state index in [4.69, 9.17) is 27.9 Å².